The first-order chi connectivity index (χ1) is 8.35. The van der Waals surface area contributed by atoms with Gasteiger partial charge in [0.15, 0.2) is 0 Å². The Kier molecular flexibility index (Phi) is 3.73. The molecule has 0 aliphatic heterocycles. The van der Waals surface area contributed by atoms with Crippen molar-refractivity contribution in [3.63, 3.8) is 0 Å². The van der Waals surface area contributed by atoms with E-state index in [1.54, 1.807) is 7.11 Å². The Morgan fingerprint density at radius 3 is 2.06 bits per heavy atom. The van der Waals surface area contributed by atoms with E-state index in [4.69, 9.17) is 4.74 Å². The molecule has 0 aromatic heterocycles. The van der Waals surface area contributed by atoms with Crippen molar-refractivity contribution < 1.29 is 4.74 Å². The van der Waals surface area contributed by atoms with Gasteiger partial charge in [-0.3, -0.25) is 0 Å². The molecule has 0 heterocycles. The van der Waals surface area contributed by atoms with Crippen molar-refractivity contribution >= 4 is 6.08 Å². The maximum Gasteiger partial charge on any atom is 0.107 e. The van der Waals surface area contributed by atoms with Crippen molar-refractivity contribution in [3.8, 4) is 0 Å². The van der Waals surface area contributed by atoms with E-state index < -0.39 is 0 Å². The van der Waals surface area contributed by atoms with Gasteiger partial charge in [-0.25, -0.2) is 0 Å². The van der Waals surface area contributed by atoms with E-state index in [1.807, 2.05) is 24.3 Å². The zero-order valence-corrected chi connectivity index (χ0v) is 9.97. The Bertz CT molecular complexity index is 471. The van der Waals surface area contributed by atoms with Gasteiger partial charge in [0.25, 0.3) is 0 Å². The Balaban J connectivity index is 2.32. The zero-order chi connectivity index (χ0) is 12.1. The molecule has 0 aliphatic carbocycles. The summed E-state index contributed by atoms with van der Waals surface area (Å²) in [6, 6.07) is 18.5. The first-order valence-electron chi connectivity index (χ1n) is 5.65. The van der Waals surface area contributed by atoms with Crippen LogP contribution in [0.3, 0.4) is 0 Å². The van der Waals surface area contributed by atoms with Gasteiger partial charge in [-0.15, -0.1) is 0 Å². The van der Waals surface area contributed by atoms with Crippen LogP contribution in [-0.2, 0) is 4.74 Å². The minimum Gasteiger partial charge on any atom is -0.372 e. The summed E-state index contributed by atoms with van der Waals surface area (Å²) in [6.45, 7) is 3.75. The zero-order valence-electron chi connectivity index (χ0n) is 9.97. The lowest BCUT2D eigenvalue weighted by molar-refractivity contribution is 0.136. The molecule has 1 atom stereocenters. The predicted octanol–water partition coefficient (Wildman–Crippen LogP) is 4.07. The highest BCUT2D eigenvalue weighted by atomic mass is 16.5. The summed E-state index contributed by atoms with van der Waals surface area (Å²) in [5.41, 5.74) is 3.45. The molecule has 0 spiro atoms. The summed E-state index contributed by atoms with van der Waals surface area (Å²) in [5, 5.41) is 0. The third kappa shape index (κ3) is 2.63. The second kappa shape index (κ2) is 5.46. The number of ether oxygens (including phenoxy) is 1. The van der Waals surface area contributed by atoms with E-state index in [0.29, 0.717) is 0 Å². The van der Waals surface area contributed by atoms with Gasteiger partial charge in [-0.2, -0.15) is 0 Å². The van der Waals surface area contributed by atoms with Crippen LogP contribution in [0, 0.1) is 0 Å². The Labute approximate surface area is 102 Å². The number of benzene rings is 2. The summed E-state index contributed by atoms with van der Waals surface area (Å²) in [7, 11) is 1.74. The summed E-state index contributed by atoms with van der Waals surface area (Å²) < 4.78 is 5.57. The monoisotopic (exact) mass is 224 g/mol. The highest BCUT2D eigenvalue weighted by Gasteiger charge is 2.11. The van der Waals surface area contributed by atoms with E-state index >= 15 is 0 Å². The maximum absolute atomic E-state index is 5.57. The molecule has 2 aromatic carbocycles. The maximum atomic E-state index is 5.57. The van der Waals surface area contributed by atoms with Crippen molar-refractivity contribution in [2.45, 2.75) is 6.10 Å². The van der Waals surface area contributed by atoms with E-state index in [0.717, 1.165) is 11.1 Å². The van der Waals surface area contributed by atoms with E-state index in [-0.39, 0.29) is 6.10 Å². The molecule has 0 fully saturated rings. The third-order valence-electron chi connectivity index (χ3n) is 2.81. The molecule has 1 heteroatoms. The Morgan fingerprint density at radius 1 is 0.941 bits per heavy atom. The van der Waals surface area contributed by atoms with Crippen LogP contribution in [-0.4, -0.2) is 7.11 Å². The number of rotatable bonds is 4. The third-order valence-corrected chi connectivity index (χ3v) is 2.81. The summed E-state index contributed by atoms with van der Waals surface area (Å²) in [4.78, 5) is 0. The lowest BCUT2D eigenvalue weighted by Crippen LogP contribution is -2.03. The largest absolute Gasteiger partial charge is 0.372 e. The number of methoxy groups -OCH3 is 1. The van der Waals surface area contributed by atoms with E-state index in [1.165, 1.54) is 5.56 Å². The molecule has 0 radical (unpaired) electrons. The summed E-state index contributed by atoms with van der Waals surface area (Å²) >= 11 is 0. The molecule has 2 aromatic rings. The molecule has 0 aliphatic rings. The Morgan fingerprint density at radius 2 is 1.53 bits per heavy atom. The molecule has 1 nitrogen and oxygen atoms in total. The van der Waals surface area contributed by atoms with Gasteiger partial charge in [-0.1, -0.05) is 67.3 Å². The van der Waals surface area contributed by atoms with Gasteiger partial charge >= 0.3 is 0 Å². The fourth-order valence-corrected chi connectivity index (χ4v) is 1.90. The molecular weight excluding hydrogens is 208 g/mol. The second-order valence-electron chi connectivity index (χ2n) is 3.90. The highest BCUT2D eigenvalue weighted by Crippen LogP contribution is 2.25. The standard InChI is InChI=1S/C16H16O/c1-3-13-9-11-15(12-10-13)16(17-2)14-7-5-4-6-8-14/h3-12,16H,1H2,2H3. The van der Waals surface area contributed by atoms with Crippen LogP contribution in [0.2, 0.25) is 0 Å². The summed E-state index contributed by atoms with van der Waals surface area (Å²) in [5.74, 6) is 0. The van der Waals surface area contributed by atoms with Crippen LogP contribution in [0.25, 0.3) is 6.08 Å². The molecule has 0 saturated heterocycles. The second-order valence-corrected chi connectivity index (χ2v) is 3.90. The van der Waals surface area contributed by atoms with Gasteiger partial charge in [0.2, 0.25) is 0 Å². The average Bonchev–Trinajstić information content (AvgIpc) is 2.42. The normalized spacial score (nSPS) is 12.1. The SMILES string of the molecule is C=Cc1ccc(C(OC)c2ccccc2)cc1. The van der Waals surface area contributed by atoms with Crippen molar-refractivity contribution in [3.05, 3.63) is 77.9 Å². The van der Waals surface area contributed by atoms with Gasteiger partial charge in [0, 0.05) is 7.11 Å². The van der Waals surface area contributed by atoms with Crippen LogP contribution in [0.1, 0.15) is 22.8 Å². The Hall–Kier alpha value is -1.86. The van der Waals surface area contributed by atoms with Crippen molar-refractivity contribution in [2.75, 3.05) is 7.11 Å². The highest BCUT2D eigenvalue weighted by molar-refractivity contribution is 5.48. The van der Waals surface area contributed by atoms with E-state index in [2.05, 4.69) is 43.0 Å². The number of hydrogen-bond acceptors (Lipinski definition) is 1. The average molecular weight is 224 g/mol. The molecule has 86 valence electrons. The molecule has 0 N–H and O–H groups in total. The fourth-order valence-electron chi connectivity index (χ4n) is 1.90. The first kappa shape index (κ1) is 11.6. The van der Waals surface area contributed by atoms with Crippen LogP contribution >= 0.6 is 0 Å². The minimum absolute atomic E-state index is 0.00457. The lowest BCUT2D eigenvalue weighted by atomic mass is 10.0. The number of hydrogen-bond donors (Lipinski definition) is 0. The molecule has 17 heavy (non-hydrogen) atoms. The summed E-state index contributed by atoms with van der Waals surface area (Å²) in [6.07, 6.45) is 1.84. The molecular formula is C16H16O. The van der Waals surface area contributed by atoms with E-state index in [9.17, 15) is 0 Å². The van der Waals surface area contributed by atoms with Crippen molar-refractivity contribution in [1.29, 1.82) is 0 Å². The van der Waals surface area contributed by atoms with Crippen LogP contribution < -0.4 is 0 Å². The van der Waals surface area contributed by atoms with Crippen LogP contribution in [0.5, 0.6) is 0 Å². The fraction of sp³-hybridized carbons (Fsp3) is 0.125. The molecule has 1 unspecified atom stereocenters. The minimum atomic E-state index is -0.00457. The molecule has 2 rings (SSSR count). The van der Waals surface area contributed by atoms with Gasteiger partial charge in [0.1, 0.15) is 6.10 Å². The van der Waals surface area contributed by atoms with Gasteiger partial charge < -0.3 is 4.74 Å². The topological polar surface area (TPSA) is 9.23 Å². The first-order valence-corrected chi connectivity index (χ1v) is 5.65. The van der Waals surface area contributed by atoms with Gasteiger partial charge in [-0.05, 0) is 16.7 Å². The smallest absolute Gasteiger partial charge is 0.107 e. The lowest BCUT2D eigenvalue weighted by Gasteiger charge is -2.16. The predicted molar refractivity (Wildman–Crippen MR) is 71.8 cm³/mol. The molecule has 0 amide bonds. The van der Waals surface area contributed by atoms with Gasteiger partial charge in [0.05, 0.1) is 0 Å². The quantitative estimate of drug-likeness (QED) is 0.760. The van der Waals surface area contributed by atoms with Crippen LogP contribution in [0.15, 0.2) is 61.2 Å². The molecule has 0 saturated carbocycles. The van der Waals surface area contributed by atoms with Crippen molar-refractivity contribution in [2.24, 2.45) is 0 Å². The molecule has 0 bridgehead atoms. The van der Waals surface area contributed by atoms with Crippen molar-refractivity contribution in [1.82, 2.24) is 0 Å². The van der Waals surface area contributed by atoms with Crippen LogP contribution in [0.4, 0.5) is 0 Å².